The van der Waals surface area contributed by atoms with E-state index in [4.69, 9.17) is 0 Å². The fraction of sp³-hybridized carbons (Fsp3) is 0.296. The van der Waals surface area contributed by atoms with E-state index >= 15 is 0 Å². The molecular weight excluding hydrogens is 448 g/mol. The zero-order valence-corrected chi connectivity index (χ0v) is 19.8. The van der Waals surface area contributed by atoms with Crippen molar-refractivity contribution in [2.75, 3.05) is 18.0 Å². The van der Waals surface area contributed by atoms with Crippen LogP contribution < -0.4 is 9.62 Å². The molecule has 6 nitrogen and oxygen atoms in total. The summed E-state index contributed by atoms with van der Waals surface area (Å²) >= 11 is 0. The molecular formula is C27H30N2O4S. The summed E-state index contributed by atoms with van der Waals surface area (Å²) in [5.41, 5.74) is 3.31. The number of anilines is 1. The van der Waals surface area contributed by atoms with Gasteiger partial charge in [0.2, 0.25) is 10.0 Å². The number of hydrogen-bond donors (Lipinski definition) is 2. The van der Waals surface area contributed by atoms with Crippen molar-refractivity contribution in [2.24, 2.45) is 0 Å². The van der Waals surface area contributed by atoms with Gasteiger partial charge in [-0.05, 0) is 67.0 Å². The number of nitrogens with one attached hydrogen (secondary N) is 1. The zero-order chi connectivity index (χ0) is 24.0. The second-order valence-corrected chi connectivity index (χ2v) is 10.4. The van der Waals surface area contributed by atoms with Crippen LogP contribution in [0.3, 0.4) is 0 Å². The van der Waals surface area contributed by atoms with Crippen molar-refractivity contribution in [3.8, 4) is 0 Å². The van der Waals surface area contributed by atoms with Crippen molar-refractivity contribution in [3.63, 3.8) is 0 Å². The number of aliphatic carboxylic acids is 1. The molecule has 2 N–H and O–H groups in total. The molecule has 1 saturated heterocycles. The minimum absolute atomic E-state index is 0.0707. The zero-order valence-electron chi connectivity index (χ0n) is 19.0. The van der Waals surface area contributed by atoms with E-state index in [9.17, 15) is 18.3 Å². The van der Waals surface area contributed by atoms with Gasteiger partial charge in [-0.15, -0.1) is 0 Å². The van der Waals surface area contributed by atoms with Crippen molar-refractivity contribution in [1.82, 2.24) is 4.72 Å². The van der Waals surface area contributed by atoms with Crippen molar-refractivity contribution in [1.29, 1.82) is 0 Å². The van der Waals surface area contributed by atoms with Crippen molar-refractivity contribution in [3.05, 3.63) is 96.1 Å². The average Bonchev–Trinajstić information content (AvgIpc) is 2.88. The first-order valence-corrected chi connectivity index (χ1v) is 13.1. The van der Waals surface area contributed by atoms with Gasteiger partial charge in [-0.25, -0.2) is 8.42 Å². The highest BCUT2D eigenvalue weighted by atomic mass is 32.2. The van der Waals surface area contributed by atoms with Gasteiger partial charge in [0, 0.05) is 18.8 Å². The van der Waals surface area contributed by atoms with Gasteiger partial charge in [-0.2, -0.15) is 4.72 Å². The average molecular weight is 479 g/mol. The van der Waals surface area contributed by atoms with Crippen LogP contribution in [0.15, 0.2) is 89.8 Å². The number of carboxylic acids is 1. The molecule has 34 heavy (non-hydrogen) atoms. The standard InChI is InChI=1S/C27H30N2O4S/c30-27(31)26(16-11-21-7-3-1-4-8-21)28-34(32,33)25-14-12-24(13-15-25)29-19-17-23(18-20-29)22-9-5-2-6-10-22/h1-10,12-15,23,26,28H,11,16-20H2,(H,30,31)/t26-/m0/s1. The summed E-state index contributed by atoms with van der Waals surface area (Å²) in [5.74, 6) is -0.637. The first-order valence-electron chi connectivity index (χ1n) is 11.6. The maximum absolute atomic E-state index is 12.9. The summed E-state index contributed by atoms with van der Waals surface area (Å²) in [6, 6.07) is 25.5. The van der Waals surface area contributed by atoms with Crippen LogP contribution in [0.1, 0.15) is 36.3 Å². The molecule has 3 aromatic rings. The smallest absolute Gasteiger partial charge is 0.321 e. The van der Waals surface area contributed by atoms with Gasteiger partial charge < -0.3 is 10.0 Å². The number of nitrogens with zero attached hydrogens (tertiary/aromatic N) is 1. The Balaban J connectivity index is 1.36. The van der Waals surface area contributed by atoms with Crippen molar-refractivity contribution >= 4 is 21.7 Å². The first-order chi connectivity index (χ1) is 16.4. The lowest BCUT2D eigenvalue weighted by Crippen LogP contribution is -2.41. The second-order valence-electron chi connectivity index (χ2n) is 8.70. The molecule has 0 aromatic heterocycles. The number of rotatable bonds is 9. The lowest BCUT2D eigenvalue weighted by molar-refractivity contribution is -0.139. The predicted octanol–water partition coefficient (Wildman–Crippen LogP) is 4.43. The van der Waals surface area contributed by atoms with E-state index in [1.807, 2.05) is 36.4 Å². The maximum Gasteiger partial charge on any atom is 0.321 e. The Hall–Kier alpha value is -3.16. The van der Waals surface area contributed by atoms with Crippen LogP contribution in [0, 0.1) is 0 Å². The summed E-state index contributed by atoms with van der Waals surface area (Å²) in [5, 5.41) is 9.55. The van der Waals surface area contributed by atoms with E-state index in [1.165, 1.54) is 5.56 Å². The van der Waals surface area contributed by atoms with E-state index in [1.54, 1.807) is 24.3 Å². The van der Waals surface area contributed by atoms with E-state index in [0.717, 1.165) is 37.2 Å². The largest absolute Gasteiger partial charge is 0.480 e. The van der Waals surface area contributed by atoms with E-state index < -0.39 is 22.0 Å². The van der Waals surface area contributed by atoms with E-state index in [0.29, 0.717) is 12.3 Å². The fourth-order valence-corrected chi connectivity index (χ4v) is 5.70. The topological polar surface area (TPSA) is 86.7 Å². The molecule has 0 spiro atoms. The molecule has 0 amide bonds. The minimum atomic E-state index is -3.95. The van der Waals surface area contributed by atoms with Crippen LogP contribution in [-0.2, 0) is 21.2 Å². The molecule has 1 heterocycles. The number of carboxylic acid groups (broad SMARTS) is 1. The van der Waals surface area contributed by atoms with Gasteiger partial charge in [0.05, 0.1) is 4.90 Å². The molecule has 1 fully saturated rings. The third kappa shape index (κ3) is 6.04. The molecule has 3 aromatic carbocycles. The van der Waals surface area contributed by atoms with Gasteiger partial charge in [0.25, 0.3) is 0 Å². The normalized spacial score (nSPS) is 15.7. The first kappa shape index (κ1) is 24.0. The SMILES string of the molecule is O=C(O)[C@H](CCc1ccccc1)NS(=O)(=O)c1ccc(N2CCC(c3ccccc3)CC2)cc1. The Morgan fingerprint density at radius 3 is 2.09 bits per heavy atom. The Morgan fingerprint density at radius 1 is 0.912 bits per heavy atom. The van der Waals surface area contributed by atoms with Crippen LogP contribution in [0.2, 0.25) is 0 Å². The molecule has 1 aliphatic heterocycles. The molecule has 0 aliphatic carbocycles. The molecule has 1 aliphatic rings. The predicted molar refractivity (Wildman–Crippen MR) is 134 cm³/mol. The van der Waals surface area contributed by atoms with Crippen molar-refractivity contribution in [2.45, 2.75) is 42.5 Å². The number of piperidine rings is 1. The highest BCUT2D eigenvalue weighted by molar-refractivity contribution is 7.89. The van der Waals surface area contributed by atoms with Gasteiger partial charge >= 0.3 is 5.97 Å². The van der Waals surface area contributed by atoms with Crippen molar-refractivity contribution < 1.29 is 18.3 Å². The van der Waals surface area contributed by atoms with Gasteiger partial charge in [-0.1, -0.05) is 60.7 Å². The molecule has 0 radical (unpaired) electrons. The molecule has 0 unspecified atom stereocenters. The van der Waals surface area contributed by atoms with Crippen LogP contribution in [0.4, 0.5) is 5.69 Å². The maximum atomic E-state index is 12.9. The fourth-order valence-electron chi connectivity index (χ4n) is 4.48. The van der Waals surface area contributed by atoms with Crippen LogP contribution in [-0.4, -0.2) is 38.6 Å². The monoisotopic (exact) mass is 478 g/mol. The lowest BCUT2D eigenvalue weighted by Gasteiger charge is -2.34. The molecule has 7 heteroatoms. The quantitative estimate of drug-likeness (QED) is 0.475. The minimum Gasteiger partial charge on any atom is -0.480 e. The Morgan fingerprint density at radius 2 is 1.50 bits per heavy atom. The highest BCUT2D eigenvalue weighted by Crippen LogP contribution is 2.30. The molecule has 1 atom stereocenters. The Labute approximate surface area is 201 Å². The summed E-state index contributed by atoms with van der Waals surface area (Å²) in [6.07, 6.45) is 2.74. The summed E-state index contributed by atoms with van der Waals surface area (Å²) in [7, 11) is -3.95. The Bertz CT molecular complexity index is 1170. The summed E-state index contributed by atoms with van der Waals surface area (Å²) in [6.45, 7) is 1.81. The van der Waals surface area contributed by atoms with Gasteiger partial charge in [0.15, 0.2) is 0 Å². The van der Waals surface area contributed by atoms with Gasteiger partial charge in [-0.3, -0.25) is 4.79 Å². The molecule has 0 bridgehead atoms. The number of benzene rings is 3. The number of aryl methyl sites for hydroxylation is 1. The molecule has 4 rings (SSSR count). The summed E-state index contributed by atoms with van der Waals surface area (Å²) in [4.78, 5) is 14.0. The number of sulfonamides is 1. The lowest BCUT2D eigenvalue weighted by atomic mass is 9.89. The highest BCUT2D eigenvalue weighted by Gasteiger charge is 2.26. The third-order valence-electron chi connectivity index (χ3n) is 6.44. The third-order valence-corrected chi connectivity index (χ3v) is 7.93. The number of hydrogen-bond acceptors (Lipinski definition) is 4. The van der Waals surface area contributed by atoms with Crippen LogP contribution in [0.25, 0.3) is 0 Å². The second kappa shape index (κ2) is 10.8. The van der Waals surface area contributed by atoms with Crippen LogP contribution in [0.5, 0.6) is 0 Å². The molecule has 178 valence electrons. The van der Waals surface area contributed by atoms with Gasteiger partial charge in [0.1, 0.15) is 6.04 Å². The van der Waals surface area contributed by atoms with E-state index in [-0.39, 0.29) is 11.3 Å². The summed E-state index contributed by atoms with van der Waals surface area (Å²) < 4.78 is 28.1. The van der Waals surface area contributed by atoms with E-state index in [2.05, 4.69) is 33.9 Å². The molecule has 0 saturated carbocycles. The number of carbonyl (C=O) groups is 1. The Kier molecular flexibility index (Phi) is 7.65. The van der Waals surface area contributed by atoms with Crippen LogP contribution >= 0.6 is 0 Å².